The predicted molar refractivity (Wildman–Crippen MR) is 63.9 cm³/mol. The quantitative estimate of drug-likeness (QED) is 0.768. The zero-order chi connectivity index (χ0) is 10.8. The van der Waals surface area contributed by atoms with Crippen LogP contribution < -0.4 is 5.73 Å². The van der Waals surface area contributed by atoms with E-state index in [1.807, 2.05) is 24.3 Å². The van der Waals surface area contributed by atoms with Crippen LogP contribution in [0.5, 0.6) is 0 Å². The minimum absolute atomic E-state index is 0.568. The van der Waals surface area contributed by atoms with Crippen molar-refractivity contribution in [3.63, 3.8) is 0 Å². The van der Waals surface area contributed by atoms with Gasteiger partial charge in [-0.3, -0.25) is 0 Å². The van der Waals surface area contributed by atoms with Gasteiger partial charge in [0.15, 0.2) is 0 Å². The molecule has 0 unspecified atom stereocenters. The van der Waals surface area contributed by atoms with Crippen molar-refractivity contribution < 1.29 is 0 Å². The molecule has 0 radical (unpaired) electrons. The molecule has 1 aromatic heterocycles. The van der Waals surface area contributed by atoms with Crippen LogP contribution in [0.4, 0.5) is 5.69 Å². The third-order valence-corrected chi connectivity index (χ3v) is 3.28. The minimum atomic E-state index is 0.568. The molecule has 74 valence electrons. The molecule has 4 heteroatoms. The molecule has 2 N–H and O–H groups in total. The van der Waals surface area contributed by atoms with E-state index >= 15 is 0 Å². The first-order valence-corrected chi connectivity index (χ1v) is 5.45. The van der Waals surface area contributed by atoms with Gasteiger partial charge in [0.1, 0.15) is 0 Å². The van der Waals surface area contributed by atoms with Gasteiger partial charge in [-0.1, -0.05) is 17.7 Å². The highest BCUT2D eigenvalue weighted by molar-refractivity contribution is 7.19. The molecule has 15 heavy (non-hydrogen) atoms. The molecule has 0 fully saturated rings. The Kier molecular flexibility index (Phi) is 2.63. The van der Waals surface area contributed by atoms with Crippen LogP contribution in [0.15, 0.2) is 30.3 Å². The largest absolute Gasteiger partial charge is 0.398 e. The Bertz CT molecular complexity index is 540. The summed E-state index contributed by atoms with van der Waals surface area (Å²) in [7, 11) is 0. The van der Waals surface area contributed by atoms with Crippen LogP contribution in [0.1, 0.15) is 5.56 Å². The first-order chi connectivity index (χ1) is 7.20. The maximum Gasteiger partial charge on any atom is 0.0992 e. The molecule has 1 aromatic carbocycles. The summed E-state index contributed by atoms with van der Waals surface area (Å²) < 4.78 is 0.730. The normalized spacial score (nSPS) is 9.87. The number of halogens is 1. The van der Waals surface area contributed by atoms with Gasteiger partial charge < -0.3 is 5.73 Å². The zero-order valence-electron chi connectivity index (χ0n) is 7.70. The van der Waals surface area contributed by atoms with Crippen molar-refractivity contribution in [3.05, 3.63) is 40.2 Å². The van der Waals surface area contributed by atoms with Crippen molar-refractivity contribution >= 4 is 28.6 Å². The molecular formula is C11H7ClN2S. The van der Waals surface area contributed by atoms with Crippen molar-refractivity contribution in [2.75, 3.05) is 5.73 Å². The molecular weight excluding hydrogens is 228 g/mol. The van der Waals surface area contributed by atoms with Crippen molar-refractivity contribution in [2.45, 2.75) is 0 Å². The number of nitrogens with two attached hydrogens (primary N) is 1. The summed E-state index contributed by atoms with van der Waals surface area (Å²) in [6, 6.07) is 11.1. The SMILES string of the molecule is N#Cc1ccc(-c2ccc(Cl)s2)c(N)c1. The molecule has 0 atom stereocenters. The number of nitriles is 1. The Hall–Kier alpha value is -1.50. The van der Waals surface area contributed by atoms with Gasteiger partial charge in [-0.15, -0.1) is 11.3 Å². The van der Waals surface area contributed by atoms with Crippen LogP contribution >= 0.6 is 22.9 Å². The number of anilines is 1. The highest BCUT2D eigenvalue weighted by Gasteiger charge is 2.06. The molecule has 2 aromatic rings. The van der Waals surface area contributed by atoms with E-state index in [-0.39, 0.29) is 0 Å². The van der Waals surface area contributed by atoms with Gasteiger partial charge >= 0.3 is 0 Å². The zero-order valence-corrected chi connectivity index (χ0v) is 9.27. The molecule has 2 nitrogen and oxygen atoms in total. The first kappa shape index (κ1) is 10.0. The Morgan fingerprint density at radius 2 is 2.07 bits per heavy atom. The number of thiophene rings is 1. The van der Waals surface area contributed by atoms with Crippen LogP contribution in [0.25, 0.3) is 10.4 Å². The molecule has 0 aliphatic carbocycles. The average molecular weight is 235 g/mol. The summed E-state index contributed by atoms with van der Waals surface area (Å²) in [5, 5.41) is 8.70. The second-order valence-corrected chi connectivity index (χ2v) is 4.73. The van der Waals surface area contributed by atoms with Gasteiger partial charge in [-0.25, -0.2) is 0 Å². The molecule has 0 saturated heterocycles. The van der Waals surface area contributed by atoms with E-state index in [9.17, 15) is 0 Å². The second kappa shape index (κ2) is 3.93. The van der Waals surface area contributed by atoms with Crippen molar-refractivity contribution in [2.24, 2.45) is 0 Å². The third kappa shape index (κ3) is 1.96. The summed E-state index contributed by atoms with van der Waals surface area (Å²) >= 11 is 7.32. The molecule has 2 rings (SSSR count). The molecule has 0 bridgehead atoms. The average Bonchev–Trinajstić information content (AvgIpc) is 2.64. The van der Waals surface area contributed by atoms with Gasteiger partial charge in [0, 0.05) is 16.1 Å². The Morgan fingerprint density at radius 1 is 1.27 bits per heavy atom. The van der Waals surface area contributed by atoms with Crippen molar-refractivity contribution in [3.8, 4) is 16.5 Å². The van der Waals surface area contributed by atoms with Crippen LogP contribution in [-0.4, -0.2) is 0 Å². The predicted octanol–water partition coefficient (Wildman–Crippen LogP) is 3.52. The topological polar surface area (TPSA) is 49.8 Å². The van der Waals surface area contributed by atoms with Crippen LogP contribution in [0, 0.1) is 11.3 Å². The first-order valence-electron chi connectivity index (χ1n) is 4.26. The van der Waals surface area contributed by atoms with Crippen LogP contribution in [0.2, 0.25) is 4.34 Å². The number of rotatable bonds is 1. The molecule has 0 spiro atoms. The number of nitrogens with zero attached hydrogens (tertiary/aromatic N) is 1. The Labute approximate surface area is 96.5 Å². The number of hydrogen-bond acceptors (Lipinski definition) is 3. The monoisotopic (exact) mass is 234 g/mol. The molecule has 0 aliphatic heterocycles. The number of nitrogen functional groups attached to an aromatic ring is 1. The van der Waals surface area contributed by atoms with E-state index in [2.05, 4.69) is 0 Å². The van der Waals surface area contributed by atoms with Gasteiger partial charge in [0.25, 0.3) is 0 Å². The van der Waals surface area contributed by atoms with Gasteiger partial charge in [-0.05, 0) is 24.3 Å². The molecule has 1 heterocycles. The molecule has 0 amide bonds. The maximum atomic E-state index is 8.70. The second-order valence-electron chi connectivity index (χ2n) is 3.02. The molecule has 0 aliphatic rings. The number of benzene rings is 1. The van der Waals surface area contributed by atoms with E-state index in [0.717, 1.165) is 14.8 Å². The number of hydrogen-bond donors (Lipinski definition) is 1. The lowest BCUT2D eigenvalue weighted by Gasteiger charge is -2.02. The highest BCUT2D eigenvalue weighted by Crippen LogP contribution is 2.34. The van der Waals surface area contributed by atoms with Gasteiger partial charge in [0.2, 0.25) is 0 Å². The van der Waals surface area contributed by atoms with Gasteiger partial charge in [-0.2, -0.15) is 5.26 Å². The summed E-state index contributed by atoms with van der Waals surface area (Å²) in [6.45, 7) is 0. The van der Waals surface area contributed by atoms with Gasteiger partial charge in [0.05, 0.1) is 16.0 Å². The third-order valence-electron chi connectivity index (χ3n) is 2.02. The van der Waals surface area contributed by atoms with E-state index in [4.69, 9.17) is 22.6 Å². The smallest absolute Gasteiger partial charge is 0.0992 e. The van der Waals surface area contributed by atoms with Crippen molar-refractivity contribution in [1.82, 2.24) is 0 Å². The summed E-state index contributed by atoms with van der Waals surface area (Å²) in [6.07, 6.45) is 0. The van der Waals surface area contributed by atoms with E-state index in [1.165, 1.54) is 11.3 Å². The fourth-order valence-corrected chi connectivity index (χ4v) is 2.41. The lowest BCUT2D eigenvalue weighted by atomic mass is 10.1. The maximum absolute atomic E-state index is 8.70. The van der Waals surface area contributed by atoms with Crippen molar-refractivity contribution in [1.29, 1.82) is 5.26 Å². The van der Waals surface area contributed by atoms with E-state index in [1.54, 1.807) is 12.1 Å². The standard InChI is InChI=1S/C11H7ClN2S/c12-11-4-3-10(15-11)8-2-1-7(6-13)5-9(8)14/h1-5H,14H2. The van der Waals surface area contributed by atoms with E-state index < -0.39 is 0 Å². The minimum Gasteiger partial charge on any atom is -0.398 e. The fraction of sp³-hybridized carbons (Fsp3) is 0. The lowest BCUT2D eigenvalue weighted by Crippen LogP contribution is -1.89. The summed E-state index contributed by atoms with van der Waals surface area (Å²) in [5.41, 5.74) is 7.95. The lowest BCUT2D eigenvalue weighted by molar-refractivity contribution is 1.49. The summed E-state index contributed by atoms with van der Waals surface area (Å²) in [4.78, 5) is 1.02. The Balaban J connectivity index is 2.51. The molecule has 0 saturated carbocycles. The van der Waals surface area contributed by atoms with E-state index in [0.29, 0.717) is 11.3 Å². The fourth-order valence-electron chi connectivity index (χ4n) is 1.32. The summed E-state index contributed by atoms with van der Waals surface area (Å²) in [5.74, 6) is 0. The van der Waals surface area contributed by atoms with Crippen LogP contribution in [0.3, 0.4) is 0 Å². The highest BCUT2D eigenvalue weighted by atomic mass is 35.5. The van der Waals surface area contributed by atoms with Crippen LogP contribution in [-0.2, 0) is 0 Å². The Morgan fingerprint density at radius 3 is 2.60 bits per heavy atom.